The topological polar surface area (TPSA) is 59.2 Å². The predicted octanol–water partition coefficient (Wildman–Crippen LogP) is 0.736. The molecule has 0 aromatic carbocycles. The van der Waals surface area contributed by atoms with Gasteiger partial charge < -0.3 is 5.73 Å². The molecule has 1 aromatic rings. The number of pyridine rings is 1. The van der Waals surface area contributed by atoms with Gasteiger partial charge in [-0.1, -0.05) is 6.07 Å². The highest BCUT2D eigenvalue weighted by molar-refractivity contribution is 5.80. The van der Waals surface area contributed by atoms with E-state index in [2.05, 4.69) is 16.3 Å². The maximum atomic E-state index is 11.3. The smallest absolute Gasteiger partial charge is 0.234 e. The lowest BCUT2D eigenvalue weighted by atomic mass is 10.0. The summed E-state index contributed by atoms with van der Waals surface area (Å²) < 4.78 is 0. The third-order valence-corrected chi connectivity index (χ3v) is 2.89. The van der Waals surface area contributed by atoms with Crippen molar-refractivity contribution in [3.8, 4) is 0 Å². The van der Waals surface area contributed by atoms with Crippen LogP contribution >= 0.6 is 0 Å². The van der Waals surface area contributed by atoms with Crippen LogP contribution in [0.5, 0.6) is 0 Å². The van der Waals surface area contributed by atoms with E-state index in [9.17, 15) is 4.79 Å². The van der Waals surface area contributed by atoms with E-state index >= 15 is 0 Å². The van der Waals surface area contributed by atoms with Crippen LogP contribution in [-0.4, -0.2) is 28.4 Å². The zero-order valence-electron chi connectivity index (χ0n) is 9.17. The Kier molecular flexibility index (Phi) is 3.51. The molecular weight excluding hydrogens is 202 g/mol. The zero-order valence-corrected chi connectivity index (χ0v) is 9.17. The molecule has 2 N–H and O–H groups in total. The summed E-state index contributed by atoms with van der Waals surface area (Å²) in [6.45, 7) is 1.64. The van der Waals surface area contributed by atoms with Crippen molar-refractivity contribution in [3.63, 3.8) is 0 Å². The van der Waals surface area contributed by atoms with E-state index in [0.717, 1.165) is 31.5 Å². The lowest BCUT2D eigenvalue weighted by Crippen LogP contribution is -2.47. The summed E-state index contributed by atoms with van der Waals surface area (Å²) >= 11 is 0. The van der Waals surface area contributed by atoms with Crippen LogP contribution in [0.3, 0.4) is 0 Å². The van der Waals surface area contributed by atoms with Gasteiger partial charge in [-0.15, -0.1) is 0 Å². The molecule has 16 heavy (non-hydrogen) atoms. The summed E-state index contributed by atoms with van der Waals surface area (Å²) in [7, 11) is 0. The molecule has 2 rings (SSSR count). The molecule has 2 heterocycles. The van der Waals surface area contributed by atoms with Gasteiger partial charge in [0.15, 0.2) is 0 Å². The van der Waals surface area contributed by atoms with Crippen LogP contribution in [0.2, 0.25) is 0 Å². The highest BCUT2D eigenvalue weighted by Gasteiger charge is 2.26. The molecule has 1 amide bonds. The number of primary amides is 1. The largest absolute Gasteiger partial charge is 0.368 e. The van der Waals surface area contributed by atoms with Crippen LogP contribution in [-0.2, 0) is 11.3 Å². The van der Waals surface area contributed by atoms with E-state index in [0.29, 0.717) is 0 Å². The molecule has 1 radical (unpaired) electrons. The first-order valence-corrected chi connectivity index (χ1v) is 5.51. The molecular formula is C12H16N3O. The Balaban J connectivity index is 2.04. The molecule has 85 valence electrons. The van der Waals surface area contributed by atoms with Crippen molar-refractivity contribution in [3.05, 3.63) is 36.5 Å². The molecule has 1 aliphatic heterocycles. The van der Waals surface area contributed by atoms with Gasteiger partial charge >= 0.3 is 0 Å². The van der Waals surface area contributed by atoms with Crippen LogP contribution in [0.4, 0.5) is 0 Å². The van der Waals surface area contributed by atoms with Crippen LogP contribution in [0.15, 0.2) is 24.5 Å². The van der Waals surface area contributed by atoms with E-state index in [1.807, 2.05) is 18.3 Å². The van der Waals surface area contributed by atoms with Crippen LogP contribution in [0.25, 0.3) is 0 Å². The number of carbonyl (C=O) groups is 1. The van der Waals surface area contributed by atoms with E-state index in [4.69, 9.17) is 5.73 Å². The van der Waals surface area contributed by atoms with Crippen molar-refractivity contribution in [1.29, 1.82) is 0 Å². The molecule has 1 aromatic heterocycles. The molecule has 0 saturated carbocycles. The first-order valence-electron chi connectivity index (χ1n) is 5.51. The second kappa shape index (κ2) is 5.07. The third-order valence-electron chi connectivity index (χ3n) is 2.89. The van der Waals surface area contributed by atoms with Gasteiger partial charge in [0, 0.05) is 18.9 Å². The van der Waals surface area contributed by atoms with Gasteiger partial charge in [0.05, 0.1) is 6.04 Å². The molecule has 0 aliphatic carbocycles. The van der Waals surface area contributed by atoms with Gasteiger partial charge in [-0.25, -0.2) is 0 Å². The molecule has 1 unspecified atom stereocenters. The number of nitrogens with two attached hydrogens (primary N) is 1. The number of piperidine rings is 1. The Labute approximate surface area is 95.5 Å². The number of hydrogen-bond acceptors (Lipinski definition) is 3. The average molecular weight is 218 g/mol. The lowest BCUT2D eigenvalue weighted by Gasteiger charge is -2.33. The van der Waals surface area contributed by atoms with Crippen molar-refractivity contribution < 1.29 is 4.79 Å². The molecule has 0 bridgehead atoms. The quantitative estimate of drug-likeness (QED) is 0.814. The Bertz CT molecular complexity index is 353. The number of aromatic nitrogens is 1. The fourth-order valence-electron chi connectivity index (χ4n) is 2.05. The summed E-state index contributed by atoms with van der Waals surface area (Å²) in [6, 6.07) is 3.77. The van der Waals surface area contributed by atoms with Crippen molar-refractivity contribution in [2.45, 2.75) is 25.4 Å². The minimum Gasteiger partial charge on any atom is -0.368 e. The number of nitrogens with zero attached hydrogens (tertiary/aromatic N) is 2. The predicted molar refractivity (Wildman–Crippen MR) is 61.2 cm³/mol. The first kappa shape index (κ1) is 11.1. The Hall–Kier alpha value is -1.42. The first-order chi connectivity index (χ1) is 7.77. The van der Waals surface area contributed by atoms with Gasteiger partial charge in [0.25, 0.3) is 0 Å². The van der Waals surface area contributed by atoms with Crippen LogP contribution < -0.4 is 5.73 Å². The van der Waals surface area contributed by atoms with Gasteiger partial charge in [-0.3, -0.25) is 14.7 Å². The monoisotopic (exact) mass is 218 g/mol. The minimum absolute atomic E-state index is 0.158. The SMILES string of the molecule is NC(=O)C1C[CH]CCN1Cc1cccnc1. The summed E-state index contributed by atoms with van der Waals surface area (Å²) in [5.41, 5.74) is 6.52. The second-order valence-electron chi connectivity index (χ2n) is 4.06. The van der Waals surface area contributed by atoms with Crippen LogP contribution in [0, 0.1) is 6.42 Å². The fraction of sp³-hybridized carbons (Fsp3) is 0.417. The van der Waals surface area contributed by atoms with E-state index < -0.39 is 0 Å². The van der Waals surface area contributed by atoms with E-state index in [-0.39, 0.29) is 11.9 Å². The van der Waals surface area contributed by atoms with Crippen molar-refractivity contribution in [2.75, 3.05) is 6.54 Å². The number of carbonyl (C=O) groups excluding carboxylic acids is 1. The standard InChI is InChI=1S/C12H16N3O/c13-12(16)11-5-1-2-7-15(11)9-10-4-3-6-14-8-10/h1,3-4,6,8,11H,2,5,7,9H2,(H2,13,16). The number of hydrogen-bond donors (Lipinski definition) is 1. The number of amides is 1. The van der Waals surface area contributed by atoms with Gasteiger partial charge in [-0.05, 0) is 37.4 Å². The maximum Gasteiger partial charge on any atom is 0.234 e. The fourth-order valence-corrected chi connectivity index (χ4v) is 2.05. The van der Waals surface area contributed by atoms with Gasteiger partial charge in [0.1, 0.15) is 0 Å². The molecule has 4 nitrogen and oxygen atoms in total. The minimum atomic E-state index is -0.236. The Morgan fingerprint density at radius 1 is 1.62 bits per heavy atom. The number of likely N-dealkylation sites (tertiary alicyclic amines) is 1. The maximum absolute atomic E-state index is 11.3. The highest BCUT2D eigenvalue weighted by Crippen LogP contribution is 2.18. The second-order valence-corrected chi connectivity index (χ2v) is 4.06. The normalized spacial score (nSPS) is 21.9. The van der Waals surface area contributed by atoms with Gasteiger partial charge in [0.2, 0.25) is 5.91 Å². The van der Waals surface area contributed by atoms with E-state index in [1.54, 1.807) is 6.20 Å². The summed E-state index contributed by atoms with van der Waals surface area (Å²) in [6.07, 6.45) is 7.49. The zero-order chi connectivity index (χ0) is 11.4. The molecule has 1 atom stereocenters. The van der Waals surface area contributed by atoms with Gasteiger partial charge in [-0.2, -0.15) is 0 Å². The van der Waals surface area contributed by atoms with E-state index in [1.165, 1.54) is 0 Å². The molecule has 1 saturated heterocycles. The summed E-state index contributed by atoms with van der Waals surface area (Å²) in [4.78, 5) is 17.5. The highest BCUT2D eigenvalue weighted by atomic mass is 16.1. The molecule has 4 heteroatoms. The summed E-state index contributed by atoms with van der Waals surface area (Å²) in [5, 5.41) is 0. The average Bonchev–Trinajstić information content (AvgIpc) is 2.31. The van der Waals surface area contributed by atoms with Crippen molar-refractivity contribution in [1.82, 2.24) is 9.88 Å². The molecule has 1 aliphatic rings. The lowest BCUT2D eigenvalue weighted by molar-refractivity contribution is -0.124. The Morgan fingerprint density at radius 3 is 3.19 bits per heavy atom. The molecule has 0 spiro atoms. The summed E-state index contributed by atoms with van der Waals surface area (Å²) in [5.74, 6) is -0.236. The van der Waals surface area contributed by atoms with Crippen LogP contribution in [0.1, 0.15) is 18.4 Å². The number of rotatable bonds is 3. The van der Waals surface area contributed by atoms with Crippen molar-refractivity contribution in [2.24, 2.45) is 5.73 Å². The third kappa shape index (κ3) is 2.58. The Morgan fingerprint density at radius 2 is 2.50 bits per heavy atom. The van der Waals surface area contributed by atoms with Crippen molar-refractivity contribution >= 4 is 5.91 Å². The molecule has 1 fully saturated rings.